The number of hydrogen-bond acceptors (Lipinski definition) is 2. The predicted octanol–water partition coefficient (Wildman–Crippen LogP) is 2.56. The lowest BCUT2D eigenvalue weighted by Crippen LogP contribution is -2.39. The number of carbonyl (C=O) groups excluding carboxylic acids is 1. The molecule has 2 saturated carbocycles. The molecule has 0 aromatic carbocycles. The third-order valence-corrected chi connectivity index (χ3v) is 4.25. The van der Waals surface area contributed by atoms with E-state index in [4.69, 9.17) is 0 Å². The van der Waals surface area contributed by atoms with Crippen molar-refractivity contribution in [2.24, 2.45) is 5.92 Å². The summed E-state index contributed by atoms with van der Waals surface area (Å²) in [6.45, 7) is 4.92. The minimum Gasteiger partial charge on any atom is -0.339 e. The first-order valence-electron chi connectivity index (χ1n) is 7.81. The minimum atomic E-state index is 0.379. The maximum Gasteiger partial charge on any atom is 0.224 e. The topological polar surface area (TPSA) is 32.3 Å². The van der Waals surface area contributed by atoms with Gasteiger partial charge in [0.2, 0.25) is 5.91 Å². The number of nitrogens with one attached hydrogen (secondary N) is 1. The Bertz CT molecular complexity index is 257. The van der Waals surface area contributed by atoms with Crippen LogP contribution in [-0.4, -0.2) is 36.5 Å². The van der Waals surface area contributed by atoms with E-state index < -0.39 is 0 Å². The fraction of sp³-hybridized carbons (Fsp3) is 0.933. The molecule has 0 bridgehead atoms. The Balaban J connectivity index is 1.77. The molecule has 18 heavy (non-hydrogen) atoms. The van der Waals surface area contributed by atoms with E-state index in [1.807, 2.05) is 0 Å². The normalized spacial score (nSPS) is 20.9. The standard InChI is InChI=1S/C15H28N2O/c1-2-16-11-10-15(18)17(14-8-9-14)12-13-6-4-3-5-7-13/h13-14,16H,2-12H2,1H3. The van der Waals surface area contributed by atoms with E-state index in [2.05, 4.69) is 17.1 Å². The van der Waals surface area contributed by atoms with Gasteiger partial charge in [0.05, 0.1) is 0 Å². The van der Waals surface area contributed by atoms with Crippen molar-refractivity contribution >= 4 is 5.91 Å². The van der Waals surface area contributed by atoms with Crippen molar-refractivity contribution in [3.05, 3.63) is 0 Å². The monoisotopic (exact) mass is 252 g/mol. The SMILES string of the molecule is CCNCCC(=O)N(CC1CCCCC1)C1CC1. The summed E-state index contributed by atoms with van der Waals surface area (Å²) in [6, 6.07) is 0.584. The molecule has 2 aliphatic carbocycles. The summed E-state index contributed by atoms with van der Waals surface area (Å²) in [5.74, 6) is 1.16. The van der Waals surface area contributed by atoms with Gasteiger partial charge < -0.3 is 10.2 Å². The van der Waals surface area contributed by atoms with Gasteiger partial charge in [-0.3, -0.25) is 4.79 Å². The van der Waals surface area contributed by atoms with Crippen molar-refractivity contribution in [1.82, 2.24) is 10.2 Å². The van der Waals surface area contributed by atoms with Crippen LogP contribution in [0.25, 0.3) is 0 Å². The number of rotatable bonds is 7. The molecule has 2 rings (SSSR count). The lowest BCUT2D eigenvalue weighted by Gasteiger charge is -2.30. The third-order valence-electron chi connectivity index (χ3n) is 4.25. The van der Waals surface area contributed by atoms with Crippen LogP contribution in [-0.2, 0) is 4.79 Å². The van der Waals surface area contributed by atoms with Gasteiger partial charge in [0.25, 0.3) is 0 Å². The minimum absolute atomic E-state index is 0.379. The summed E-state index contributed by atoms with van der Waals surface area (Å²) in [6.07, 6.45) is 9.96. The Morgan fingerprint density at radius 1 is 1.17 bits per heavy atom. The molecule has 0 spiro atoms. The van der Waals surface area contributed by atoms with Crippen molar-refractivity contribution in [3.63, 3.8) is 0 Å². The van der Waals surface area contributed by atoms with E-state index in [0.717, 1.165) is 25.6 Å². The fourth-order valence-corrected chi connectivity index (χ4v) is 3.00. The number of hydrogen-bond donors (Lipinski definition) is 1. The van der Waals surface area contributed by atoms with Gasteiger partial charge in [-0.15, -0.1) is 0 Å². The van der Waals surface area contributed by atoms with E-state index >= 15 is 0 Å². The first-order chi connectivity index (χ1) is 8.81. The van der Waals surface area contributed by atoms with Crippen LogP contribution in [0.5, 0.6) is 0 Å². The molecule has 0 aromatic heterocycles. The molecule has 1 N–H and O–H groups in total. The molecule has 3 nitrogen and oxygen atoms in total. The van der Waals surface area contributed by atoms with Gasteiger partial charge in [0.15, 0.2) is 0 Å². The van der Waals surface area contributed by atoms with Crippen LogP contribution in [0.4, 0.5) is 0 Å². The zero-order valence-corrected chi connectivity index (χ0v) is 11.8. The Morgan fingerprint density at radius 2 is 1.89 bits per heavy atom. The average molecular weight is 252 g/mol. The Kier molecular flexibility index (Phi) is 5.48. The molecular formula is C15H28N2O. The molecule has 0 aromatic rings. The maximum atomic E-state index is 12.3. The van der Waals surface area contributed by atoms with Gasteiger partial charge in [-0.2, -0.15) is 0 Å². The van der Waals surface area contributed by atoms with Crippen LogP contribution in [0.1, 0.15) is 58.3 Å². The van der Waals surface area contributed by atoms with Crippen molar-refractivity contribution < 1.29 is 4.79 Å². The zero-order chi connectivity index (χ0) is 12.8. The quantitative estimate of drug-likeness (QED) is 0.706. The van der Waals surface area contributed by atoms with E-state index in [-0.39, 0.29) is 0 Å². The van der Waals surface area contributed by atoms with Gasteiger partial charge in [0.1, 0.15) is 0 Å². The molecule has 0 atom stereocenters. The Labute approximate surface area is 111 Å². The first-order valence-corrected chi connectivity index (χ1v) is 7.81. The van der Waals surface area contributed by atoms with Gasteiger partial charge in [0, 0.05) is 25.6 Å². The lowest BCUT2D eigenvalue weighted by molar-refractivity contribution is -0.132. The van der Waals surface area contributed by atoms with E-state index in [1.165, 1.54) is 44.9 Å². The summed E-state index contributed by atoms with van der Waals surface area (Å²) >= 11 is 0. The van der Waals surface area contributed by atoms with Gasteiger partial charge in [-0.05, 0) is 38.1 Å². The number of nitrogens with zero attached hydrogens (tertiary/aromatic N) is 1. The number of carbonyl (C=O) groups is 1. The zero-order valence-electron chi connectivity index (χ0n) is 11.8. The lowest BCUT2D eigenvalue weighted by atomic mass is 9.89. The molecule has 0 radical (unpaired) electrons. The number of amides is 1. The van der Waals surface area contributed by atoms with Crippen molar-refractivity contribution in [1.29, 1.82) is 0 Å². The Morgan fingerprint density at radius 3 is 2.50 bits per heavy atom. The molecule has 0 heterocycles. The highest BCUT2D eigenvalue weighted by molar-refractivity contribution is 5.77. The highest BCUT2D eigenvalue weighted by atomic mass is 16.2. The van der Waals surface area contributed by atoms with Gasteiger partial charge >= 0.3 is 0 Å². The highest BCUT2D eigenvalue weighted by Gasteiger charge is 2.33. The van der Waals surface area contributed by atoms with Crippen LogP contribution >= 0.6 is 0 Å². The van der Waals surface area contributed by atoms with Crippen LogP contribution in [0, 0.1) is 5.92 Å². The first kappa shape index (κ1) is 13.9. The van der Waals surface area contributed by atoms with Crippen LogP contribution in [0.2, 0.25) is 0 Å². The summed E-state index contributed by atoms with van der Waals surface area (Å²) in [7, 11) is 0. The van der Waals surface area contributed by atoms with Crippen LogP contribution in [0.3, 0.4) is 0 Å². The average Bonchev–Trinajstić information content (AvgIpc) is 3.21. The van der Waals surface area contributed by atoms with Gasteiger partial charge in [-0.1, -0.05) is 26.2 Å². The van der Waals surface area contributed by atoms with Gasteiger partial charge in [-0.25, -0.2) is 0 Å². The molecule has 3 heteroatoms. The summed E-state index contributed by atoms with van der Waals surface area (Å²) in [5, 5.41) is 3.25. The molecule has 0 saturated heterocycles. The predicted molar refractivity (Wildman–Crippen MR) is 74.5 cm³/mol. The third kappa shape index (κ3) is 4.27. The van der Waals surface area contributed by atoms with Crippen molar-refractivity contribution in [2.45, 2.75) is 64.3 Å². The highest BCUT2D eigenvalue weighted by Crippen LogP contribution is 2.31. The van der Waals surface area contributed by atoms with Crippen molar-refractivity contribution in [3.8, 4) is 0 Å². The molecule has 2 fully saturated rings. The second-order valence-electron chi connectivity index (χ2n) is 5.88. The molecule has 1 amide bonds. The van der Waals surface area contributed by atoms with E-state index in [1.54, 1.807) is 0 Å². The molecular weight excluding hydrogens is 224 g/mol. The summed E-state index contributed by atoms with van der Waals surface area (Å²) in [4.78, 5) is 14.5. The Hall–Kier alpha value is -0.570. The fourth-order valence-electron chi connectivity index (χ4n) is 3.00. The van der Waals surface area contributed by atoms with E-state index in [9.17, 15) is 4.79 Å². The van der Waals surface area contributed by atoms with E-state index in [0.29, 0.717) is 18.4 Å². The maximum absolute atomic E-state index is 12.3. The second kappa shape index (κ2) is 7.13. The molecule has 104 valence electrons. The molecule has 2 aliphatic rings. The largest absolute Gasteiger partial charge is 0.339 e. The second-order valence-corrected chi connectivity index (χ2v) is 5.88. The summed E-state index contributed by atoms with van der Waals surface area (Å²) < 4.78 is 0. The van der Waals surface area contributed by atoms with Crippen molar-refractivity contribution in [2.75, 3.05) is 19.6 Å². The summed E-state index contributed by atoms with van der Waals surface area (Å²) in [5.41, 5.74) is 0. The van der Waals surface area contributed by atoms with Crippen LogP contribution in [0.15, 0.2) is 0 Å². The van der Waals surface area contributed by atoms with Crippen LogP contribution < -0.4 is 5.32 Å². The molecule has 0 aliphatic heterocycles. The smallest absolute Gasteiger partial charge is 0.224 e. The molecule has 0 unspecified atom stereocenters.